The first kappa shape index (κ1) is 15.1. The van der Waals surface area contributed by atoms with Crippen molar-refractivity contribution in [3.05, 3.63) is 52.3 Å². The van der Waals surface area contributed by atoms with E-state index in [9.17, 15) is 5.11 Å². The van der Waals surface area contributed by atoms with Crippen LogP contribution in [0.5, 0.6) is 11.5 Å². The smallest absolute Gasteiger partial charge is 0.206 e. The van der Waals surface area contributed by atoms with Crippen molar-refractivity contribution in [3.63, 3.8) is 0 Å². The van der Waals surface area contributed by atoms with Crippen molar-refractivity contribution in [2.45, 2.75) is 6.92 Å². The van der Waals surface area contributed by atoms with Crippen LogP contribution in [-0.4, -0.2) is 29.7 Å². The van der Waals surface area contributed by atoms with E-state index in [4.69, 9.17) is 4.74 Å². The monoisotopic (exact) mass is 303 g/mol. The first-order valence-corrected chi connectivity index (χ1v) is 7.23. The lowest BCUT2D eigenvalue weighted by Gasteiger charge is -2.03. The molecule has 0 bridgehead atoms. The van der Waals surface area contributed by atoms with E-state index in [1.54, 1.807) is 29.1 Å². The first-order valence-electron chi connectivity index (χ1n) is 6.35. The van der Waals surface area contributed by atoms with Crippen LogP contribution in [0.25, 0.3) is 0 Å². The number of aromatic nitrogens is 1. The second-order valence-corrected chi connectivity index (χ2v) is 5.11. The van der Waals surface area contributed by atoms with Crippen molar-refractivity contribution in [2.75, 3.05) is 13.7 Å². The molecule has 110 valence electrons. The molecule has 0 aliphatic rings. The van der Waals surface area contributed by atoms with Crippen molar-refractivity contribution in [2.24, 2.45) is 10.1 Å². The molecule has 21 heavy (non-hydrogen) atoms. The number of methoxy groups -OCH3 is 1. The maximum Gasteiger partial charge on any atom is 0.206 e. The average molecular weight is 303 g/mol. The molecule has 1 aromatic carbocycles. The van der Waals surface area contributed by atoms with Gasteiger partial charge in [0.2, 0.25) is 4.80 Å². The molecule has 0 aliphatic heterocycles. The third kappa shape index (κ3) is 3.61. The van der Waals surface area contributed by atoms with Crippen LogP contribution >= 0.6 is 11.3 Å². The molecule has 5 nitrogen and oxygen atoms in total. The number of rotatable bonds is 5. The summed E-state index contributed by atoms with van der Waals surface area (Å²) in [5.41, 5.74) is 1.78. The van der Waals surface area contributed by atoms with E-state index in [-0.39, 0.29) is 5.75 Å². The molecule has 2 rings (SSSR count). The van der Waals surface area contributed by atoms with Gasteiger partial charge in [0.15, 0.2) is 11.5 Å². The largest absolute Gasteiger partial charge is 0.504 e. The normalized spacial score (nSPS) is 12.0. The summed E-state index contributed by atoms with van der Waals surface area (Å²) < 4.78 is 6.77. The third-order valence-corrected chi connectivity index (χ3v) is 3.70. The van der Waals surface area contributed by atoms with Gasteiger partial charge in [0, 0.05) is 5.38 Å². The fourth-order valence-electron chi connectivity index (χ4n) is 1.69. The summed E-state index contributed by atoms with van der Waals surface area (Å²) in [5, 5.41) is 16.2. The molecule has 6 heteroatoms. The quantitative estimate of drug-likeness (QED) is 0.681. The van der Waals surface area contributed by atoms with E-state index in [1.165, 1.54) is 18.4 Å². The van der Waals surface area contributed by atoms with Crippen molar-refractivity contribution in [1.29, 1.82) is 0 Å². The molecule has 1 aromatic heterocycles. The van der Waals surface area contributed by atoms with E-state index in [1.807, 2.05) is 18.4 Å². The first-order chi connectivity index (χ1) is 10.2. The molecular weight excluding hydrogens is 286 g/mol. The highest BCUT2D eigenvalue weighted by Crippen LogP contribution is 2.25. The van der Waals surface area contributed by atoms with Crippen LogP contribution in [0.4, 0.5) is 0 Å². The third-order valence-electron chi connectivity index (χ3n) is 2.73. The Balaban J connectivity index is 2.31. The molecule has 0 unspecified atom stereocenters. The van der Waals surface area contributed by atoms with Gasteiger partial charge in [-0.15, -0.1) is 17.9 Å². The number of nitrogens with zero attached hydrogens (tertiary/aromatic N) is 3. The van der Waals surface area contributed by atoms with E-state index < -0.39 is 0 Å². The minimum Gasteiger partial charge on any atom is -0.504 e. The SMILES string of the molecule is C=CCN=c1scc(C)n1N=Cc1ccc(OC)c(O)c1. The van der Waals surface area contributed by atoms with Gasteiger partial charge in [0.05, 0.1) is 25.6 Å². The molecule has 0 saturated carbocycles. The van der Waals surface area contributed by atoms with Crippen LogP contribution in [0, 0.1) is 6.92 Å². The minimum absolute atomic E-state index is 0.0880. The molecule has 0 aliphatic carbocycles. The number of phenolic OH excluding ortho intramolecular Hbond substituents is 1. The van der Waals surface area contributed by atoms with E-state index in [0.717, 1.165) is 16.1 Å². The van der Waals surface area contributed by atoms with Crippen molar-refractivity contribution in [1.82, 2.24) is 4.68 Å². The van der Waals surface area contributed by atoms with Crippen LogP contribution in [0.1, 0.15) is 11.3 Å². The predicted molar refractivity (Wildman–Crippen MR) is 85.3 cm³/mol. The van der Waals surface area contributed by atoms with E-state index in [0.29, 0.717) is 12.3 Å². The summed E-state index contributed by atoms with van der Waals surface area (Å²) in [6, 6.07) is 5.13. The minimum atomic E-state index is 0.0880. The summed E-state index contributed by atoms with van der Waals surface area (Å²) in [7, 11) is 1.51. The Bertz CT molecular complexity index is 729. The van der Waals surface area contributed by atoms with Gasteiger partial charge in [-0.2, -0.15) is 5.10 Å². The maximum atomic E-state index is 9.75. The van der Waals surface area contributed by atoms with E-state index in [2.05, 4.69) is 16.7 Å². The molecule has 2 aromatic rings. The van der Waals surface area contributed by atoms with Crippen LogP contribution in [0.15, 0.2) is 46.3 Å². The van der Waals surface area contributed by atoms with Crippen LogP contribution < -0.4 is 9.54 Å². The Morgan fingerprint density at radius 3 is 2.95 bits per heavy atom. The summed E-state index contributed by atoms with van der Waals surface area (Å²) in [6.45, 7) is 6.17. The number of hydrogen-bond donors (Lipinski definition) is 1. The topological polar surface area (TPSA) is 59.1 Å². The van der Waals surface area contributed by atoms with Gasteiger partial charge in [0.1, 0.15) is 0 Å². The lowest BCUT2D eigenvalue weighted by Crippen LogP contribution is -2.12. The number of hydrogen-bond acceptors (Lipinski definition) is 5. The Labute approximate surface area is 127 Å². The number of aromatic hydroxyl groups is 1. The molecule has 1 heterocycles. The molecular formula is C15H17N3O2S. The standard InChI is InChI=1S/C15H17N3O2S/c1-4-7-16-15-18(11(2)10-21-15)17-9-12-5-6-14(20-3)13(19)8-12/h4-6,8-10,19H,1,7H2,2-3H3. The zero-order chi connectivity index (χ0) is 15.2. The van der Waals surface area contributed by atoms with Gasteiger partial charge in [-0.05, 0) is 30.7 Å². The molecule has 0 amide bonds. The summed E-state index contributed by atoms with van der Waals surface area (Å²) in [6.07, 6.45) is 3.41. The van der Waals surface area contributed by atoms with Crippen LogP contribution in [0.3, 0.4) is 0 Å². The molecule has 0 radical (unpaired) electrons. The van der Waals surface area contributed by atoms with Gasteiger partial charge in [-0.1, -0.05) is 6.08 Å². The van der Waals surface area contributed by atoms with Crippen molar-refractivity contribution >= 4 is 17.6 Å². The van der Waals surface area contributed by atoms with Crippen LogP contribution in [-0.2, 0) is 0 Å². The number of ether oxygens (including phenoxy) is 1. The molecule has 0 fully saturated rings. The Kier molecular flexibility index (Phi) is 4.94. The Hall–Kier alpha value is -2.34. The Morgan fingerprint density at radius 2 is 2.29 bits per heavy atom. The highest BCUT2D eigenvalue weighted by molar-refractivity contribution is 7.07. The Morgan fingerprint density at radius 1 is 1.48 bits per heavy atom. The van der Waals surface area contributed by atoms with Gasteiger partial charge in [-0.25, -0.2) is 4.68 Å². The van der Waals surface area contributed by atoms with Gasteiger partial charge in [-0.3, -0.25) is 4.99 Å². The lowest BCUT2D eigenvalue weighted by atomic mass is 10.2. The number of aryl methyl sites for hydroxylation is 1. The number of thiazole rings is 1. The van der Waals surface area contributed by atoms with Gasteiger partial charge in [0.25, 0.3) is 0 Å². The fraction of sp³-hybridized carbons (Fsp3) is 0.200. The van der Waals surface area contributed by atoms with E-state index >= 15 is 0 Å². The molecule has 0 atom stereocenters. The zero-order valence-corrected chi connectivity index (χ0v) is 12.8. The fourth-order valence-corrected chi connectivity index (χ4v) is 2.50. The van der Waals surface area contributed by atoms with Gasteiger partial charge >= 0.3 is 0 Å². The second kappa shape index (κ2) is 6.90. The summed E-state index contributed by atoms with van der Waals surface area (Å²) in [5.74, 6) is 0.526. The predicted octanol–water partition coefficient (Wildman–Crippen LogP) is 2.54. The van der Waals surface area contributed by atoms with Gasteiger partial charge < -0.3 is 9.84 Å². The summed E-state index contributed by atoms with van der Waals surface area (Å²) in [4.78, 5) is 5.19. The molecule has 0 saturated heterocycles. The maximum absolute atomic E-state index is 9.75. The number of benzene rings is 1. The van der Waals surface area contributed by atoms with Crippen molar-refractivity contribution < 1.29 is 9.84 Å². The highest BCUT2D eigenvalue weighted by Gasteiger charge is 2.02. The molecule has 1 N–H and O–H groups in total. The van der Waals surface area contributed by atoms with Crippen LogP contribution in [0.2, 0.25) is 0 Å². The average Bonchev–Trinajstić information content (AvgIpc) is 2.83. The highest BCUT2D eigenvalue weighted by atomic mass is 32.1. The number of phenols is 1. The summed E-state index contributed by atoms with van der Waals surface area (Å²) >= 11 is 1.53. The van der Waals surface area contributed by atoms with Crippen molar-refractivity contribution in [3.8, 4) is 11.5 Å². The molecule has 0 spiro atoms. The lowest BCUT2D eigenvalue weighted by molar-refractivity contribution is 0.373. The second-order valence-electron chi connectivity index (χ2n) is 4.28. The zero-order valence-electron chi connectivity index (χ0n) is 12.0.